The third-order valence-electron chi connectivity index (χ3n) is 4.59. The van der Waals surface area contributed by atoms with Crippen molar-refractivity contribution in [2.75, 3.05) is 4.72 Å². The number of nitrogens with one attached hydrogen (secondary N) is 1. The summed E-state index contributed by atoms with van der Waals surface area (Å²) in [5, 5.41) is 0. The lowest BCUT2D eigenvalue weighted by Crippen LogP contribution is -2.12. The fraction of sp³-hybridized carbons (Fsp3) is 0.0417. The Morgan fingerprint density at radius 2 is 1.56 bits per heavy atom. The lowest BCUT2D eigenvalue weighted by molar-refractivity contribution is 0.410. The highest BCUT2D eigenvalue weighted by Gasteiger charge is 2.18. The molecule has 0 radical (unpaired) electrons. The van der Waals surface area contributed by atoms with Crippen LogP contribution in [0.3, 0.4) is 0 Å². The van der Waals surface area contributed by atoms with E-state index < -0.39 is 15.6 Å². The van der Waals surface area contributed by atoms with Gasteiger partial charge in [-0.2, -0.15) is 0 Å². The van der Waals surface area contributed by atoms with E-state index in [9.17, 15) is 13.2 Å². The van der Waals surface area contributed by atoms with Crippen molar-refractivity contribution in [1.82, 2.24) is 0 Å². The van der Waals surface area contributed by atoms with E-state index in [1.807, 2.05) is 0 Å². The van der Waals surface area contributed by atoms with Gasteiger partial charge in [0, 0.05) is 16.1 Å². The van der Waals surface area contributed by atoms with Crippen molar-refractivity contribution < 1.29 is 17.6 Å². The summed E-state index contributed by atoms with van der Waals surface area (Å²) in [6.07, 6.45) is 0. The van der Waals surface area contributed by atoms with E-state index in [0.717, 1.165) is 4.90 Å². The van der Waals surface area contributed by atoms with Crippen molar-refractivity contribution in [2.45, 2.75) is 16.7 Å². The molecule has 4 aromatic rings. The third-order valence-corrected chi connectivity index (χ3v) is 6.28. The lowest BCUT2D eigenvalue weighted by atomic mass is 10.1. The first-order valence-corrected chi connectivity index (χ1v) is 11.5. The number of thiol groups is 1. The molecule has 0 fully saturated rings. The SMILES string of the molecule is Cc1cc(-c2ccc(S(=O)(=O)Nc3ccccc3)cc2)c(Oc2ccc(S)cc2)c(=O)o1. The van der Waals surface area contributed by atoms with Crippen LogP contribution in [0.15, 0.2) is 104 Å². The van der Waals surface area contributed by atoms with Crippen LogP contribution < -0.4 is 15.1 Å². The molecule has 3 aromatic carbocycles. The van der Waals surface area contributed by atoms with E-state index in [1.54, 1.807) is 79.7 Å². The van der Waals surface area contributed by atoms with Crippen LogP contribution in [0.4, 0.5) is 5.69 Å². The maximum Gasteiger partial charge on any atom is 0.379 e. The predicted molar refractivity (Wildman–Crippen MR) is 126 cm³/mol. The normalized spacial score (nSPS) is 11.2. The van der Waals surface area contributed by atoms with Gasteiger partial charge in [0.1, 0.15) is 11.5 Å². The van der Waals surface area contributed by atoms with E-state index >= 15 is 0 Å². The molecule has 1 heterocycles. The van der Waals surface area contributed by atoms with Gasteiger partial charge in [-0.15, -0.1) is 12.6 Å². The summed E-state index contributed by atoms with van der Waals surface area (Å²) in [5.41, 5.74) is 0.947. The first-order chi connectivity index (χ1) is 15.3. The van der Waals surface area contributed by atoms with Gasteiger partial charge in [0.25, 0.3) is 10.0 Å². The fourth-order valence-corrected chi connectivity index (χ4v) is 4.29. The zero-order valence-electron chi connectivity index (χ0n) is 17.0. The molecule has 0 aliphatic heterocycles. The largest absolute Gasteiger partial charge is 0.449 e. The lowest BCUT2D eigenvalue weighted by Gasteiger charge is -2.12. The van der Waals surface area contributed by atoms with Crippen molar-refractivity contribution in [1.29, 1.82) is 0 Å². The van der Waals surface area contributed by atoms with Gasteiger partial charge < -0.3 is 9.15 Å². The van der Waals surface area contributed by atoms with Gasteiger partial charge in [-0.05, 0) is 67.1 Å². The number of anilines is 1. The third kappa shape index (κ3) is 4.87. The molecule has 162 valence electrons. The molecule has 1 aromatic heterocycles. The highest BCUT2D eigenvalue weighted by Crippen LogP contribution is 2.32. The minimum Gasteiger partial charge on any atom is -0.449 e. The Hall–Kier alpha value is -3.49. The van der Waals surface area contributed by atoms with E-state index in [1.165, 1.54) is 12.1 Å². The standard InChI is InChI=1S/C24H19NO5S2/c1-16-15-22(23(24(26)29-16)30-19-9-11-20(31)12-10-19)17-7-13-21(14-8-17)32(27,28)25-18-5-3-2-4-6-18/h2-15,25,31H,1H3. The minimum absolute atomic E-state index is 0.0144. The van der Waals surface area contributed by atoms with Crippen LogP contribution in [-0.4, -0.2) is 8.42 Å². The van der Waals surface area contributed by atoms with Crippen LogP contribution in [0.1, 0.15) is 5.76 Å². The number of aryl methyl sites for hydroxylation is 1. The highest BCUT2D eigenvalue weighted by atomic mass is 32.2. The Kier molecular flexibility index (Phi) is 6.07. The molecule has 0 unspecified atom stereocenters. The van der Waals surface area contributed by atoms with Gasteiger partial charge in [-0.25, -0.2) is 13.2 Å². The number of ether oxygens (including phenoxy) is 1. The summed E-state index contributed by atoms with van der Waals surface area (Å²) >= 11 is 4.24. The molecule has 0 saturated carbocycles. The number of benzene rings is 3. The zero-order chi connectivity index (χ0) is 22.7. The van der Waals surface area contributed by atoms with Crippen molar-refractivity contribution in [2.24, 2.45) is 0 Å². The summed E-state index contributed by atoms with van der Waals surface area (Å²) < 4.78 is 38.9. The van der Waals surface area contributed by atoms with Crippen LogP contribution in [-0.2, 0) is 10.0 Å². The molecule has 6 nitrogen and oxygen atoms in total. The topological polar surface area (TPSA) is 85.6 Å². The van der Waals surface area contributed by atoms with Gasteiger partial charge in [-0.3, -0.25) is 4.72 Å². The Bertz CT molecular complexity index is 1400. The second-order valence-corrected chi connectivity index (χ2v) is 9.18. The quantitative estimate of drug-likeness (QED) is 0.368. The van der Waals surface area contributed by atoms with Gasteiger partial charge in [-0.1, -0.05) is 30.3 Å². The molecule has 0 amide bonds. The molecule has 32 heavy (non-hydrogen) atoms. The van der Waals surface area contributed by atoms with Gasteiger partial charge >= 0.3 is 5.63 Å². The maximum atomic E-state index is 12.7. The van der Waals surface area contributed by atoms with Gasteiger partial charge in [0.05, 0.1) is 4.90 Å². The molecular formula is C24H19NO5S2. The Labute approximate surface area is 191 Å². The van der Waals surface area contributed by atoms with E-state index in [2.05, 4.69) is 17.4 Å². The minimum atomic E-state index is -3.76. The van der Waals surface area contributed by atoms with Crippen molar-refractivity contribution >= 4 is 28.3 Å². The van der Waals surface area contributed by atoms with Crippen LogP contribution in [0.5, 0.6) is 11.5 Å². The summed E-state index contributed by atoms with van der Waals surface area (Å²) in [6.45, 7) is 1.66. The van der Waals surface area contributed by atoms with Gasteiger partial charge in [0.2, 0.25) is 5.75 Å². The molecule has 0 saturated heterocycles. The van der Waals surface area contributed by atoms with E-state index in [4.69, 9.17) is 9.15 Å². The monoisotopic (exact) mass is 465 g/mol. The Morgan fingerprint density at radius 1 is 0.906 bits per heavy atom. The Morgan fingerprint density at radius 3 is 2.22 bits per heavy atom. The molecule has 8 heteroatoms. The summed E-state index contributed by atoms with van der Waals surface area (Å²) in [5.74, 6) is 0.873. The van der Waals surface area contributed by atoms with Crippen molar-refractivity contribution in [3.8, 4) is 22.6 Å². The summed E-state index contributed by atoms with van der Waals surface area (Å²) in [4.78, 5) is 13.4. The first kappa shape index (κ1) is 21.7. The number of hydrogen-bond donors (Lipinski definition) is 2. The van der Waals surface area contributed by atoms with Gasteiger partial charge in [0.15, 0.2) is 0 Å². The Balaban J connectivity index is 1.68. The average Bonchev–Trinajstić information content (AvgIpc) is 2.77. The van der Waals surface area contributed by atoms with Crippen LogP contribution in [0.25, 0.3) is 11.1 Å². The molecule has 0 bridgehead atoms. The first-order valence-electron chi connectivity index (χ1n) is 9.62. The molecule has 1 N–H and O–H groups in total. The fourth-order valence-electron chi connectivity index (χ4n) is 3.08. The molecule has 4 rings (SSSR count). The summed E-state index contributed by atoms with van der Waals surface area (Å²) in [7, 11) is -3.76. The van der Waals surface area contributed by atoms with Crippen molar-refractivity contribution in [3.05, 3.63) is 101 Å². The van der Waals surface area contributed by atoms with Crippen LogP contribution in [0, 0.1) is 6.92 Å². The van der Waals surface area contributed by atoms with Crippen LogP contribution in [0.2, 0.25) is 0 Å². The highest BCUT2D eigenvalue weighted by molar-refractivity contribution is 7.92. The number of rotatable bonds is 6. The molecule has 0 spiro atoms. The second kappa shape index (κ2) is 8.94. The smallest absolute Gasteiger partial charge is 0.379 e. The zero-order valence-corrected chi connectivity index (χ0v) is 18.7. The number of sulfonamides is 1. The number of hydrogen-bond acceptors (Lipinski definition) is 6. The van der Waals surface area contributed by atoms with E-state index in [0.29, 0.717) is 28.3 Å². The number of para-hydroxylation sites is 1. The van der Waals surface area contributed by atoms with E-state index in [-0.39, 0.29) is 10.6 Å². The second-order valence-electron chi connectivity index (χ2n) is 6.98. The molecular weight excluding hydrogens is 446 g/mol. The van der Waals surface area contributed by atoms with Crippen LogP contribution >= 0.6 is 12.6 Å². The molecule has 0 atom stereocenters. The maximum absolute atomic E-state index is 12.7. The predicted octanol–water partition coefficient (Wildman–Crippen LogP) is 5.50. The molecule has 0 aliphatic rings. The molecule has 0 aliphatic carbocycles. The average molecular weight is 466 g/mol. The summed E-state index contributed by atoms with van der Waals surface area (Å²) in [6, 6.07) is 23.4. The van der Waals surface area contributed by atoms with Crippen molar-refractivity contribution in [3.63, 3.8) is 0 Å².